The van der Waals surface area contributed by atoms with E-state index in [1.807, 2.05) is 43.3 Å². The lowest BCUT2D eigenvalue weighted by atomic mass is 9.72. The molecule has 0 aliphatic carbocycles. The van der Waals surface area contributed by atoms with Gasteiger partial charge in [0.1, 0.15) is 11.4 Å². The van der Waals surface area contributed by atoms with E-state index in [1.165, 1.54) is 12.7 Å². The predicted molar refractivity (Wildman–Crippen MR) is 111 cm³/mol. The molecule has 0 radical (unpaired) electrons. The van der Waals surface area contributed by atoms with Crippen molar-refractivity contribution in [3.05, 3.63) is 65.7 Å². The molecule has 4 rings (SSSR count). The van der Waals surface area contributed by atoms with Gasteiger partial charge >= 0.3 is 11.9 Å². The number of methoxy groups -OCH3 is 2. The first kappa shape index (κ1) is 20.4. The highest BCUT2D eigenvalue weighted by molar-refractivity contribution is 5.97. The molecule has 4 atom stereocenters. The number of benzene rings is 2. The maximum atomic E-state index is 12.6. The van der Waals surface area contributed by atoms with Crippen molar-refractivity contribution in [1.82, 2.24) is 4.90 Å². The lowest BCUT2D eigenvalue weighted by molar-refractivity contribution is -0.157. The zero-order chi connectivity index (χ0) is 21.3. The van der Waals surface area contributed by atoms with Crippen LogP contribution in [0.3, 0.4) is 0 Å². The Kier molecular flexibility index (Phi) is 5.52. The molecule has 2 aliphatic heterocycles. The molecule has 2 heterocycles. The van der Waals surface area contributed by atoms with Crippen LogP contribution in [0.4, 0.5) is 0 Å². The number of nitrogens with zero attached hydrogens (tertiary/aromatic N) is 1. The van der Waals surface area contributed by atoms with Crippen LogP contribution in [0.15, 0.2) is 54.6 Å². The van der Waals surface area contributed by atoms with Gasteiger partial charge in [0.15, 0.2) is 5.92 Å². The van der Waals surface area contributed by atoms with Crippen molar-refractivity contribution in [2.45, 2.75) is 31.5 Å². The van der Waals surface area contributed by atoms with Crippen molar-refractivity contribution in [2.24, 2.45) is 11.8 Å². The summed E-state index contributed by atoms with van der Waals surface area (Å²) in [6.07, 6.45) is 0.592. The Hall–Kier alpha value is -2.86. The normalized spacial score (nSPS) is 28.5. The molecule has 6 nitrogen and oxygen atoms in total. The quantitative estimate of drug-likeness (QED) is 0.557. The first-order chi connectivity index (χ1) is 14.5. The zero-order valence-corrected chi connectivity index (χ0v) is 17.5. The third kappa shape index (κ3) is 3.56. The van der Waals surface area contributed by atoms with Crippen molar-refractivity contribution in [3.8, 4) is 5.75 Å². The molecule has 0 N–H and O–H groups in total. The fourth-order valence-corrected chi connectivity index (χ4v) is 4.96. The molecular weight excluding hydrogens is 382 g/mol. The summed E-state index contributed by atoms with van der Waals surface area (Å²) in [5, 5.41) is 0. The van der Waals surface area contributed by atoms with Crippen LogP contribution >= 0.6 is 0 Å². The average Bonchev–Trinajstić information content (AvgIpc) is 3.02. The van der Waals surface area contributed by atoms with Gasteiger partial charge in [-0.05, 0) is 25.0 Å². The highest BCUT2D eigenvalue weighted by Crippen LogP contribution is 2.50. The molecule has 0 saturated carbocycles. The molecule has 2 aromatic carbocycles. The minimum atomic E-state index is -0.893. The van der Waals surface area contributed by atoms with Gasteiger partial charge in [0.05, 0.1) is 14.2 Å². The van der Waals surface area contributed by atoms with Crippen LogP contribution in [0.2, 0.25) is 0 Å². The standard InChI is InChI=1S/C24H27NO5/c1-24-15-25(14-16-9-5-4-6-10-16)19(17-11-7-8-12-20(17)28-2)13-18(24)21(22(26)29-3)23(27)30-24/h4-12,18-19,21H,13-15H2,1-3H3/t18-,19-,21+,24+/m0/s1. The average molecular weight is 409 g/mol. The topological polar surface area (TPSA) is 65.1 Å². The molecule has 0 amide bonds. The van der Waals surface area contributed by atoms with E-state index < -0.39 is 23.5 Å². The van der Waals surface area contributed by atoms with E-state index in [1.54, 1.807) is 7.11 Å². The molecule has 30 heavy (non-hydrogen) atoms. The van der Waals surface area contributed by atoms with Crippen molar-refractivity contribution in [2.75, 3.05) is 20.8 Å². The number of para-hydroxylation sites is 1. The third-order valence-corrected chi connectivity index (χ3v) is 6.39. The second-order valence-electron chi connectivity index (χ2n) is 8.23. The summed E-state index contributed by atoms with van der Waals surface area (Å²) in [7, 11) is 2.97. The predicted octanol–water partition coefficient (Wildman–Crippen LogP) is 3.36. The molecule has 2 fully saturated rings. The minimum Gasteiger partial charge on any atom is -0.496 e. The Morgan fingerprint density at radius 1 is 1.13 bits per heavy atom. The van der Waals surface area contributed by atoms with Crippen LogP contribution in [-0.4, -0.2) is 43.2 Å². The fraction of sp³-hybridized carbons (Fsp3) is 0.417. The van der Waals surface area contributed by atoms with Crippen molar-refractivity contribution >= 4 is 11.9 Å². The summed E-state index contributed by atoms with van der Waals surface area (Å²) < 4.78 is 16.3. The number of piperidine rings is 1. The van der Waals surface area contributed by atoms with E-state index in [2.05, 4.69) is 23.1 Å². The Labute approximate surface area is 176 Å². The molecular formula is C24H27NO5. The van der Waals surface area contributed by atoms with E-state index in [9.17, 15) is 9.59 Å². The van der Waals surface area contributed by atoms with Gasteiger partial charge in [-0.3, -0.25) is 14.5 Å². The number of hydrogen-bond acceptors (Lipinski definition) is 6. The smallest absolute Gasteiger partial charge is 0.321 e. The number of carbonyl (C=O) groups excluding carboxylic acids is 2. The molecule has 0 spiro atoms. The van der Waals surface area contributed by atoms with E-state index >= 15 is 0 Å². The number of hydrogen-bond donors (Lipinski definition) is 0. The lowest BCUT2D eigenvalue weighted by Crippen LogP contribution is -2.53. The van der Waals surface area contributed by atoms with Gasteiger partial charge in [-0.15, -0.1) is 0 Å². The Morgan fingerprint density at radius 2 is 1.83 bits per heavy atom. The first-order valence-corrected chi connectivity index (χ1v) is 10.2. The maximum Gasteiger partial charge on any atom is 0.321 e. The van der Waals surface area contributed by atoms with Gasteiger partial charge < -0.3 is 14.2 Å². The van der Waals surface area contributed by atoms with Crippen LogP contribution in [0.25, 0.3) is 0 Å². The van der Waals surface area contributed by atoms with E-state index in [0.717, 1.165) is 11.3 Å². The molecule has 2 saturated heterocycles. The van der Waals surface area contributed by atoms with E-state index in [0.29, 0.717) is 19.5 Å². The molecule has 2 aromatic rings. The van der Waals surface area contributed by atoms with Crippen LogP contribution in [0, 0.1) is 11.8 Å². The summed E-state index contributed by atoms with van der Waals surface area (Å²) in [6, 6.07) is 18.1. The molecule has 0 unspecified atom stereocenters. The number of rotatable bonds is 5. The number of ether oxygens (including phenoxy) is 3. The third-order valence-electron chi connectivity index (χ3n) is 6.39. The second kappa shape index (κ2) is 8.11. The molecule has 158 valence electrons. The maximum absolute atomic E-state index is 12.6. The Balaban J connectivity index is 1.74. The number of likely N-dealkylation sites (tertiary alicyclic amines) is 1. The summed E-state index contributed by atoms with van der Waals surface area (Å²) in [5.74, 6) is -1.38. The minimum absolute atomic E-state index is 0.0268. The van der Waals surface area contributed by atoms with Gasteiger partial charge in [0, 0.05) is 30.6 Å². The molecule has 0 aromatic heterocycles. The summed E-state index contributed by atoms with van der Waals surface area (Å²) in [6.45, 7) is 3.15. The molecule has 0 bridgehead atoms. The summed E-state index contributed by atoms with van der Waals surface area (Å²) >= 11 is 0. The van der Waals surface area contributed by atoms with Gasteiger partial charge in [0.2, 0.25) is 0 Å². The van der Waals surface area contributed by atoms with Crippen LogP contribution in [0.1, 0.15) is 30.5 Å². The summed E-state index contributed by atoms with van der Waals surface area (Å²) in [5.41, 5.74) is 1.47. The lowest BCUT2D eigenvalue weighted by Gasteiger charge is -2.46. The van der Waals surface area contributed by atoms with Crippen molar-refractivity contribution in [3.63, 3.8) is 0 Å². The highest BCUT2D eigenvalue weighted by Gasteiger charge is 2.60. The van der Waals surface area contributed by atoms with Gasteiger partial charge in [-0.2, -0.15) is 0 Å². The van der Waals surface area contributed by atoms with Crippen LogP contribution < -0.4 is 4.74 Å². The highest BCUT2D eigenvalue weighted by atomic mass is 16.6. The molecule has 2 aliphatic rings. The van der Waals surface area contributed by atoms with Crippen LogP contribution in [0.5, 0.6) is 5.75 Å². The number of esters is 2. The van der Waals surface area contributed by atoms with E-state index in [4.69, 9.17) is 14.2 Å². The SMILES string of the molecule is COC(=O)[C@@H]1C(=O)O[C@]2(C)CN(Cc3ccccc3)[C@H](c3ccccc3OC)C[C@@H]12. The monoisotopic (exact) mass is 409 g/mol. The van der Waals surface area contributed by atoms with Gasteiger partial charge in [0.25, 0.3) is 0 Å². The Bertz CT molecular complexity index is 930. The summed E-state index contributed by atoms with van der Waals surface area (Å²) in [4.78, 5) is 27.3. The Morgan fingerprint density at radius 3 is 2.53 bits per heavy atom. The number of fused-ring (bicyclic) bond motifs is 1. The fourth-order valence-electron chi connectivity index (χ4n) is 4.96. The zero-order valence-electron chi connectivity index (χ0n) is 17.5. The second-order valence-corrected chi connectivity index (χ2v) is 8.23. The van der Waals surface area contributed by atoms with Crippen molar-refractivity contribution in [1.29, 1.82) is 0 Å². The number of carbonyl (C=O) groups is 2. The van der Waals surface area contributed by atoms with Crippen molar-refractivity contribution < 1.29 is 23.8 Å². The first-order valence-electron chi connectivity index (χ1n) is 10.2. The largest absolute Gasteiger partial charge is 0.496 e. The van der Waals surface area contributed by atoms with E-state index in [-0.39, 0.29) is 12.0 Å². The van der Waals surface area contributed by atoms with Gasteiger partial charge in [-0.1, -0.05) is 48.5 Å². The van der Waals surface area contributed by atoms with Crippen LogP contribution in [-0.2, 0) is 25.6 Å². The van der Waals surface area contributed by atoms with Gasteiger partial charge in [-0.25, -0.2) is 0 Å². The molecule has 6 heteroatoms.